The Bertz CT molecular complexity index is 632. The third kappa shape index (κ3) is 3.44. The Morgan fingerprint density at radius 3 is 3.16 bits per heavy atom. The predicted molar refractivity (Wildman–Crippen MR) is 74.6 cm³/mol. The van der Waals surface area contributed by atoms with Crippen molar-refractivity contribution in [2.75, 3.05) is 6.54 Å². The summed E-state index contributed by atoms with van der Waals surface area (Å²) < 4.78 is 1.70. The van der Waals surface area contributed by atoms with Crippen molar-refractivity contribution in [1.82, 2.24) is 15.1 Å². The average molecular weight is 274 g/mol. The van der Waals surface area contributed by atoms with Crippen LogP contribution in [0.2, 0.25) is 0 Å². The smallest absolute Gasteiger partial charge is 0.262 e. The zero-order valence-corrected chi connectivity index (χ0v) is 11.3. The van der Waals surface area contributed by atoms with Crippen molar-refractivity contribution in [3.05, 3.63) is 39.8 Å². The average Bonchev–Trinajstić information content (AvgIpc) is 3.02. The fraction of sp³-hybridized carbons (Fsp3) is 0.231. The highest BCUT2D eigenvalue weighted by Crippen LogP contribution is 2.15. The first-order chi connectivity index (χ1) is 9.20. The highest BCUT2D eigenvalue weighted by atomic mass is 32.1. The molecule has 0 aliphatic heterocycles. The largest absolute Gasteiger partial charge is 0.347 e. The van der Waals surface area contributed by atoms with Gasteiger partial charge in [-0.2, -0.15) is 5.10 Å². The lowest BCUT2D eigenvalue weighted by Crippen LogP contribution is -2.22. The molecule has 1 amide bonds. The molecule has 5 nitrogen and oxygen atoms in total. The molecule has 2 aromatic rings. The molecule has 3 N–H and O–H groups in total. The van der Waals surface area contributed by atoms with Crippen LogP contribution in [0.1, 0.15) is 20.8 Å². The van der Waals surface area contributed by atoms with Gasteiger partial charge in [0.15, 0.2) is 0 Å². The van der Waals surface area contributed by atoms with Crippen molar-refractivity contribution in [1.29, 1.82) is 0 Å². The molecule has 0 aliphatic carbocycles. The van der Waals surface area contributed by atoms with E-state index in [0.29, 0.717) is 11.4 Å². The molecule has 0 bridgehead atoms. The van der Waals surface area contributed by atoms with Gasteiger partial charge in [0.25, 0.3) is 5.91 Å². The molecule has 0 aliphatic rings. The molecule has 0 fully saturated rings. The van der Waals surface area contributed by atoms with Crippen LogP contribution in [-0.2, 0) is 13.6 Å². The topological polar surface area (TPSA) is 72.9 Å². The van der Waals surface area contributed by atoms with Crippen molar-refractivity contribution in [3.8, 4) is 11.8 Å². The van der Waals surface area contributed by atoms with Gasteiger partial charge in [0, 0.05) is 30.9 Å². The van der Waals surface area contributed by atoms with E-state index in [0.717, 1.165) is 11.1 Å². The number of carbonyl (C=O) groups excluding carboxylic acids is 1. The van der Waals surface area contributed by atoms with Gasteiger partial charge in [0.05, 0.1) is 12.7 Å². The summed E-state index contributed by atoms with van der Waals surface area (Å²) in [5.74, 6) is 5.52. The van der Waals surface area contributed by atoms with Gasteiger partial charge in [-0.1, -0.05) is 11.8 Å². The minimum Gasteiger partial charge on any atom is -0.347 e. The van der Waals surface area contributed by atoms with E-state index >= 15 is 0 Å². The van der Waals surface area contributed by atoms with E-state index in [4.69, 9.17) is 5.73 Å². The van der Waals surface area contributed by atoms with Crippen LogP contribution in [0.25, 0.3) is 0 Å². The zero-order chi connectivity index (χ0) is 13.7. The first kappa shape index (κ1) is 13.3. The second-order valence-electron chi connectivity index (χ2n) is 3.87. The predicted octanol–water partition coefficient (Wildman–Crippen LogP) is 0.722. The Labute approximate surface area is 115 Å². The normalized spacial score (nSPS) is 9.79. The summed E-state index contributed by atoms with van der Waals surface area (Å²) in [6.07, 6.45) is 3.59. The molecule has 0 atom stereocenters. The van der Waals surface area contributed by atoms with Crippen LogP contribution in [0, 0.1) is 11.8 Å². The van der Waals surface area contributed by atoms with Crippen molar-refractivity contribution >= 4 is 17.2 Å². The van der Waals surface area contributed by atoms with Crippen LogP contribution in [0.3, 0.4) is 0 Å². The van der Waals surface area contributed by atoms with E-state index in [-0.39, 0.29) is 12.5 Å². The van der Waals surface area contributed by atoms with Crippen LogP contribution in [0.4, 0.5) is 0 Å². The number of thiophene rings is 1. The monoisotopic (exact) mass is 274 g/mol. The van der Waals surface area contributed by atoms with Crippen LogP contribution in [0.5, 0.6) is 0 Å². The van der Waals surface area contributed by atoms with Gasteiger partial charge in [0.2, 0.25) is 0 Å². The Balaban J connectivity index is 2.02. The highest BCUT2D eigenvalue weighted by Gasteiger charge is 2.11. The number of rotatable bonds is 3. The third-order valence-electron chi connectivity index (χ3n) is 2.41. The van der Waals surface area contributed by atoms with Crippen LogP contribution < -0.4 is 11.1 Å². The molecule has 2 heterocycles. The van der Waals surface area contributed by atoms with E-state index in [2.05, 4.69) is 22.3 Å². The van der Waals surface area contributed by atoms with Gasteiger partial charge in [-0.25, -0.2) is 0 Å². The summed E-state index contributed by atoms with van der Waals surface area (Å²) in [6.45, 7) is 0.737. The molecule has 0 radical (unpaired) electrons. The molecule has 6 heteroatoms. The summed E-state index contributed by atoms with van der Waals surface area (Å²) in [4.78, 5) is 12.7. The standard InChI is InChI=1S/C13H14N4OS/c1-17-9-10(8-16-17)7-15-13(18)12-11(3-2-5-14)4-6-19-12/h4,6,8-9H,5,7,14H2,1H3,(H,15,18). The minimum absolute atomic E-state index is 0.125. The van der Waals surface area contributed by atoms with Gasteiger partial charge in [-0.05, 0) is 11.4 Å². The number of amides is 1. The van der Waals surface area contributed by atoms with E-state index in [1.807, 2.05) is 24.7 Å². The maximum Gasteiger partial charge on any atom is 0.262 e. The lowest BCUT2D eigenvalue weighted by molar-refractivity contribution is 0.0955. The third-order valence-corrected chi connectivity index (χ3v) is 3.32. The Hall–Kier alpha value is -2.10. The summed E-state index contributed by atoms with van der Waals surface area (Å²) >= 11 is 1.37. The number of aryl methyl sites for hydroxylation is 1. The number of hydrogen-bond donors (Lipinski definition) is 2. The quantitative estimate of drug-likeness (QED) is 0.810. The molecule has 98 valence electrons. The van der Waals surface area contributed by atoms with Crippen molar-refractivity contribution < 1.29 is 4.79 Å². The molecule has 19 heavy (non-hydrogen) atoms. The SMILES string of the molecule is Cn1cc(CNC(=O)c2sccc2C#CCN)cn1. The van der Waals surface area contributed by atoms with Crippen LogP contribution >= 0.6 is 11.3 Å². The summed E-state index contributed by atoms with van der Waals surface area (Å²) in [6, 6.07) is 1.83. The highest BCUT2D eigenvalue weighted by molar-refractivity contribution is 7.12. The maximum absolute atomic E-state index is 12.0. The molecule has 0 spiro atoms. The number of aromatic nitrogens is 2. The first-order valence-corrected chi connectivity index (χ1v) is 6.61. The van der Waals surface area contributed by atoms with Crippen molar-refractivity contribution in [2.45, 2.75) is 6.54 Å². The van der Waals surface area contributed by atoms with E-state index in [9.17, 15) is 4.79 Å². The molecule has 2 aromatic heterocycles. The number of carbonyl (C=O) groups is 1. The number of hydrogen-bond acceptors (Lipinski definition) is 4. The molecule has 0 saturated heterocycles. The van der Waals surface area contributed by atoms with E-state index in [1.54, 1.807) is 10.9 Å². The summed E-state index contributed by atoms with van der Waals surface area (Å²) in [5.41, 5.74) is 7.01. The Morgan fingerprint density at radius 1 is 1.63 bits per heavy atom. The van der Waals surface area contributed by atoms with Crippen molar-refractivity contribution in [2.24, 2.45) is 12.8 Å². The fourth-order valence-corrected chi connectivity index (χ4v) is 2.32. The second kappa shape index (κ2) is 6.18. The fourth-order valence-electron chi connectivity index (χ4n) is 1.56. The maximum atomic E-state index is 12.0. The molecular weight excluding hydrogens is 260 g/mol. The van der Waals surface area contributed by atoms with Crippen molar-refractivity contribution in [3.63, 3.8) is 0 Å². The second-order valence-corrected chi connectivity index (χ2v) is 4.79. The lowest BCUT2D eigenvalue weighted by Gasteiger charge is -2.01. The first-order valence-electron chi connectivity index (χ1n) is 5.73. The number of nitrogens with two attached hydrogens (primary N) is 1. The Morgan fingerprint density at radius 2 is 2.47 bits per heavy atom. The lowest BCUT2D eigenvalue weighted by atomic mass is 10.2. The summed E-state index contributed by atoms with van der Waals surface area (Å²) in [5, 5.41) is 8.74. The molecule has 0 saturated carbocycles. The van der Waals surface area contributed by atoms with E-state index < -0.39 is 0 Å². The molecule has 2 rings (SSSR count). The molecular formula is C13H14N4OS. The van der Waals surface area contributed by atoms with E-state index in [1.165, 1.54) is 11.3 Å². The molecule has 0 aromatic carbocycles. The van der Waals surface area contributed by atoms with Gasteiger partial charge in [-0.15, -0.1) is 11.3 Å². The molecule has 0 unspecified atom stereocenters. The van der Waals surface area contributed by atoms with Crippen LogP contribution in [0.15, 0.2) is 23.8 Å². The van der Waals surface area contributed by atoms with Gasteiger partial charge in [0.1, 0.15) is 4.88 Å². The zero-order valence-electron chi connectivity index (χ0n) is 10.5. The Kier molecular flexibility index (Phi) is 4.34. The number of nitrogens with one attached hydrogen (secondary N) is 1. The van der Waals surface area contributed by atoms with Crippen LogP contribution in [-0.4, -0.2) is 22.2 Å². The summed E-state index contributed by atoms with van der Waals surface area (Å²) in [7, 11) is 1.84. The minimum atomic E-state index is -0.125. The van der Waals surface area contributed by atoms with Gasteiger partial charge >= 0.3 is 0 Å². The van der Waals surface area contributed by atoms with Gasteiger partial charge in [-0.3, -0.25) is 9.48 Å². The van der Waals surface area contributed by atoms with Gasteiger partial charge < -0.3 is 11.1 Å². The number of nitrogens with zero attached hydrogens (tertiary/aromatic N) is 2.